The van der Waals surface area contributed by atoms with Crippen molar-refractivity contribution < 1.29 is 22.9 Å². The maximum absolute atomic E-state index is 12.5. The molecule has 0 aliphatic carbocycles. The smallest absolute Gasteiger partial charge is 0.275 e. The van der Waals surface area contributed by atoms with Crippen molar-refractivity contribution in [2.75, 3.05) is 0 Å². The van der Waals surface area contributed by atoms with Crippen molar-refractivity contribution in [2.45, 2.75) is 6.18 Å². The number of hydrogen-bond acceptors (Lipinski definition) is 4. The van der Waals surface area contributed by atoms with E-state index in [1.54, 1.807) is 0 Å². The molecule has 0 unspecified atom stereocenters. The van der Waals surface area contributed by atoms with E-state index >= 15 is 0 Å². The molecule has 5 nitrogen and oxygen atoms in total. The number of rotatable bonds is 2. The van der Waals surface area contributed by atoms with Crippen molar-refractivity contribution in [3.8, 4) is 6.07 Å². The molecular formula is C9H2ClF3N2O3. The van der Waals surface area contributed by atoms with Gasteiger partial charge in [-0.2, -0.15) is 18.4 Å². The summed E-state index contributed by atoms with van der Waals surface area (Å²) < 4.78 is 37.6. The van der Waals surface area contributed by atoms with Crippen LogP contribution in [0.4, 0.5) is 18.9 Å². The minimum atomic E-state index is -4.94. The summed E-state index contributed by atoms with van der Waals surface area (Å²) in [6.45, 7) is 0. The lowest BCUT2D eigenvalue weighted by atomic mass is 10.0. The number of alkyl halides is 3. The molecule has 18 heavy (non-hydrogen) atoms. The molecule has 0 spiro atoms. The van der Waals surface area contributed by atoms with Crippen LogP contribution in [0.1, 0.15) is 21.5 Å². The van der Waals surface area contributed by atoms with Gasteiger partial charge in [-0.05, 0) is 23.7 Å². The van der Waals surface area contributed by atoms with Gasteiger partial charge in [0.05, 0.1) is 10.5 Å². The second-order valence-corrected chi connectivity index (χ2v) is 3.37. The van der Waals surface area contributed by atoms with Crippen molar-refractivity contribution in [1.29, 1.82) is 5.26 Å². The summed E-state index contributed by atoms with van der Waals surface area (Å²) in [4.78, 5) is 20.3. The summed E-state index contributed by atoms with van der Waals surface area (Å²) in [5, 5.41) is 18.0. The zero-order valence-corrected chi connectivity index (χ0v) is 9.04. The predicted molar refractivity (Wildman–Crippen MR) is 53.0 cm³/mol. The van der Waals surface area contributed by atoms with Gasteiger partial charge in [0.1, 0.15) is 17.2 Å². The van der Waals surface area contributed by atoms with E-state index in [0.29, 0.717) is 12.1 Å². The van der Waals surface area contributed by atoms with Gasteiger partial charge in [-0.25, -0.2) is 0 Å². The predicted octanol–water partition coefficient (Wildman–Crippen LogP) is 2.86. The van der Waals surface area contributed by atoms with Crippen LogP contribution in [0, 0.1) is 21.4 Å². The number of nitrogens with zero attached hydrogens (tertiary/aromatic N) is 2. The highest BCUT2D eigenvalue weighted by Gasteiger charge is 2.39. The third-order valence-corrected chi connectivity index (χ3v) is 2.19. The molecule has 0 N–H and O–H groups in total. The number of benzene rings is 1. The summed E-state index contributed by atoms with van der Waals surface area (Å²) in [7, 11) is 0. The first-order chi connectivity index (χ1) is 8.20. The molecule has 0 atom stereocenters. The van der Waals surface area contributed by atoms with Crippen LogP contribution in [0.2, 0.25) is 0 Å². The van der Waals surface area contributed by atoms with E-state index in [0.717, 1.165) is 6.07 Å². The van der Waals surface area contributed by atoms with Crippen LogP contribution in [-0.4, -0.2) is 10.2 Å². The maximum Gasteiger partial charge on any atom is 0.417 e. The summed E-state index contributed by atoms with van der Waals surface area (Å²) in [6.07, 6.45) is -4.94. The molecule has 1 aromatic carbocycles. The monoisotopic (exact) mass is 278 g/mol. The van der Waals surface area contributed by atoms with Crippen LogP contribution in [0.3, 0.4) is 0 Å². The molecule has 0 bridgehead atoms. The van der Waals surface area contributed by atoms with E-state index in [1.165, 1.54) is 0 Å². The van der Waals surface area contributed by atoms with E-state index in [9.17, 15) is 28.1 Å². The lowest BCUT2D eigenvalue weighted by Gasteiger charge is -2.09. The molecule has 0 heterocycles. The zero-order valence-electron chi connectivity index (χ0n) is 8.29. The zero-order chi connectivity index (χ0) is 14.1. The van der Waals surface area contributed by atoms with Crippen molar-refractivity contribution in [3.63, 3.8) is 0 Å². The highest BCUT2D eigenvalue weighted by atomic mass is 35.5. The fourth-order valence-electron chi connectivity index (χ4n) is 1.29. The lowest BCUT2D eigenvalue weighted by molar-refractivity contribution is -0.385. The average Bonchev–Trinajstić information content (AvgIpc) is 2.25. The van der Waals surface area contributed by atoms with Gasteiger partial charge in [0.25, 0.3) is 10.9 Å². The van der Waals surface area contributed by atoms with Crippen molar-refractivity contribution in [1.82, 2.24) is 0 Å². The molecule has 0 fully saturated rings. The molecule has 0 aromatic heterocycles. The van der Waals surface area contributed by atoms with E-state index in [2.05, 4.69) is 0 Å². The second kappa shape index (κ2) is 4.62. The number of carbonyl (C=O) groups is 1. The molecule has 1 rings (SSSR count). The van der Waals surface area contributed by atoms with E-state index in [1.807, 2.05) is 0 Å². The summed E-state index contributed by atoms with van der Waals surface area (Å²) in [5.41, 5.74) is -4.73. The summed E-state index contributed by atoms with van der Waals surface area (Å²) in [6, 6.07) is 2.05. The highest BCUT2D eigenvalue weighted by molar-refractivity contribution is 6.68. The summed E-state index contributed by atoms with van der Waals surface area (Å²) >= 11 is 5.01. The van der Waals surface area contributed by atoms with Crippen molar-refractivity contribution in [3.05, 3.63) is 38.9 Å². The van der Waals surface area contributed by atoms with Crippen molar-refractivity contribution >= 4 is 22.5 Å². The molecule has 1 aromatic rings. The van der Waals surface area contributed by atoms with Gasteiger partial charge >= 0.3 is 6.18 Å². The number of carbonyl (C=O) groups excluding carboxylic acids is 1. The SMILES string of the molecule is N#Cc1c(C(F)(F)F)ccc(C(=O)Cl)c1[N+](=O)[O-]. The van der Waals surface area contributed by atoms with Gasteiger partial charge in [-0.3, -0.25) is 14.9 Å². The second-order valence-electron chi connectivity index (χ2n) is 3.02. The van der Waals surface area contributed by atoms with Crippen molar-refractivity contribution in [2.24, 2.45) is 0 Å². The molecule has 0 amide bonds. The van der Waals surface area contributed by atoms with Gasteiger partial charge in [0.2, 0.25) is 0 Å². The Labute approximate surface area is 103 Å². The minimum Gasteiger partial charge on any atom is -0.275 e. The Morgan fingerprint density at radius 1 is 1.44 bits per heavy atom. The Balaban J connectivity index is 3.77. The van der Waals surface area contributed by atoms with Gasteiger partial charge in [-0.1, -0.05) is 0 Å². The largest absolute Gasteiger partial charge is 0.417 e. The van der Waals surface area contributed by atoms with Crippen LogP contribution in [0.15, 0.2) is 12.1 Å². The number of hydrogen-bond donors (Lipinski definition) is 0. The Bertz CT molecular complexity index is 578. The van der Waals surface area contributed by atoms with Crippen LogP contribution in [0.5, 0.6) is 0 Å². The fraction of sp³-hybridized carbons (Fsp3) is 0.111. The van der Waals surface area contributed by atoms with Crippen LogP contribution >= 0.6 is 11.6 Å². The van der Waals surface area contributed by atoms with Crippen LogP contribution < -0.4 is 0 Å². The molecular weight excluding hydrogens is 277 g/mol. The number of nitriles is 1. The maximum atomic E-state index is 12.5. The Morgan fingerprint density at radius 2 is 2.00 bits per heavy atom. The van der Waals surface area contributed by atoms with Crippen LogP contribution in [-0.2, 0) is 6.18 Å². The minimum absolute atomic E-state index is 0.404. The fourth-order valence-corrected chi connectivity index (χ4v) is 1.44. The van der Waals surface area contributed by atoms with Gasteiger partial charge in [0, 0.05) is 0 Å². The van der Waals surface area contributed by atoms with Gasteiger partial charge in [-0.15, -0.1) is 0 Å². The number of halogens is 4. The van der Waals surface area contributed by atoms with E-state index in [4.69, 9.17) is 16.9 Å². The highest BCUT2D eigenvalue weighted by Crippen LogP contribution is 2.37. The topological polar surface area (TPSA) is 84.0 Å². The molecule has 0 aliphatic rings. The Kier molecular flexibility index (Phi) is 3.57. The first-order valence-electron chi connectivity index (χ1n) is 4.18. The molecule has 9 heteroatoms. The Morgan fingerprint density at radius 3 is 2.33 bits per heavy atom. The molecule has 0 aliphatic heterocycles. The number of nitro groups is 1. The standard InChI is InChI=1S/C9H2ClF3N2O3/c10-8(16)4-1-2-6(9(11,12)13)5(3-14)7(4)15(17)18/h1-2H. The lowest BCUT2D eigenvalue weighted by Crippen LogP contribution is -2.12. The summed E-state index contributed by atoms with van der Waals surface area (Å²) in [5.74, 6) is 0. The normalized spacial score (nSPS) is 10.8. The van der Waals surface area contributed by atoms with Gasteiger partial charge < -0.3 is 0 Å². The molecule has 0 saturated heterocycles. The molecule has 94 valence electrons. The first kappa shape index (κ1) is 13.9. The van der Waals surface area contributed by atoms with Gasteiger partial charge in [0.15, 0.2) is 0 Å². The quantitative estimate of drug-likeness (QED) is 0.473. The third kappa shape index (κ3) is 2.41. The first-order valence-corrected chi connectivity index (χ1v) is 4.56. The van der Waals surface area contributed by atoms with E-state index < -0.39 is 38.7 Å². The molecule has 0 radical (unpaired) electrons. The third-order valence-electron chi connectivity index (χ3n) is 1.99. The van der Waals surface area contributed by atoms with Crippen LogP contribution in [0.25, 0.3) is 0 Å². The Hall–Kier alpha value is -2.14. The average molecular weight is 279 g/mol. The molecule has 0 saturated carbocycles. The number of nitro benzene ring substituents is 1. The van der Waals surface area contributed by atoms with E-state index in [-0.39, 0.29) is 0 Å².